The molecule has 0 saturated carbocycles. The fourth-order valence-corrected chi connectivity index (χ4v) is 7.13. The summed E-state index contributed by atoms with van der Waals surface area (Å²) in [4.78, 5) is 43.5. The molecule has 45 heavy (non-hydrogen) atoms. The quantitative estimate of drug-likeness (QED) is 0.202. The molecule has 2 atom stereocenters. The van der Waals surface area contributed by atoms with E-state index in [1.807, 2.05) is 37.3 Å². The second-order valence-electron chi connectivity index (χ2n) is 11.8. The summed E-state index contributed by atoms with van der Waals surface area (Å²) in [6, 6.07) is 18.6. The van der Waals surface area contributed by atoms with E-state index in [2.05, 4.69) is 4.90 Å². The molecular weight excluding hydrogens is 596 g/mol. The number of carbonyl (C=O) groups is 2. The SMILES string of the molecule is COc1ccc(CN2C(=O)CCC(n3c(=O)n(C)c4cc(N5CC[C@@H](COS(=O)(=O)c6ccc(C)cc6)C5)ccc43)C2=O)cc1. The van der Waals surface area contributed by atoms with Crippen LogP contribution in [0, 0.1) is 12.8 Å². The van der Waals surface area contributed by atoms with Gasteiger partial charge in [-0.15, -0.1) is 0 Å². The number of aromatic nitrogens is 2. The first-order valence-corrected chi connectivity index (χ1v) is 16.4. The number of benzene rings is 3. The highest BCUT2D eigenvalue weighted by atomic mass is 32.2. The molecule has 11 nitrogen and oxygen atoms in total. The third-order valence-electron chi connectivity index (χ3n) is 8.79. The van der Waals surface area contributed by atoms with Crippen molar-refractivity contribution >= 4 is 38.7 Å². The van der Waals surface area contributed by atoms with Crippen LogP contribution in [0.3, 0.4) is 0 Å². The van der Waals surface area contributed by atoms with Crippen molar-refractivity contribution in [2.24, 2.45) is 13.0 Å². The van der Waals surface area contributed by atoms with E-state index in [1.165, 1.54) is 14.0 Å². The Balaban J connectivity index is 1.18. The summed E-state index contributed by atoms with van der Waals surface area (Å²) in [6.45, 7) is 3.41. The Morgan fingerprint density at radius 2 is 1.64 bits per heavy atom. The van der Waals surface area contributed by atoms with Gasteiger partial charge in [-0.2, -0.15) is 8.42 Å². The number of hydrogen-bond acceptors (Lipinski definition) is 8. The zero-order chi connectivity index (χ0) is 31.9. The number of likely N-dealkylation sites (tertiary alicyclic amines) is 1. The standard InChI is InChI=1S/C33H36N4O7S/c1-22-4-11-27(12-5-22)45(41,42)44-21-24-16-17-35(19-24)25-8-13-28-30(18-25)34(2)33(40)37(28)29-14-15-31(38)36(32(29)39)20-23-6-9-26(43-3)10-7-23/h4-13,18,24,29H,14-17,19-21H2,1-3H3/t24-,29?/m1/s1. The predicted molar refractivity (Wildman–Crippen MR) is 169 cm³/mol. The summed E-state index contributed by atoms with van der Waals surface area (Å²) < 4.78 is 39.0. The Morgan fingerprint density at radius 1 is 0.911 bits per heavy atom. The molecule has 2 amide bonds. The normalized spacial score (nSPS) is 19.1. The molecule has 2 saturated heterocycles. The van der Waals surface area contributed by atoms with E-state index < -0.39 is 22.1 Å². The van der Waals surface area contributed by atoms with Crippen molar-refractivity contribution < 1.29 is 26.9 Å². The van der Waals surface area contributed by atoms with Crippen molar-refractivity contribution in [2.75, 3.05) is 31.7 Å². The van der Waals surface area contributed by atoms with Gasteiger partial charge >= 0.3 is 5.69 Å². The van der Waals surface area contributed by atoms with Crippen LogP contribution >= 0.6 is 0 Å². The average Bonchev–Trinajstić information content (AvgIpc) is 3.61. The molecule has 236 valence electrons. The zero-order valence-electron chi connectivity index (χ0n) is 25.5. The van der Waals surface area contributed by atoms with Crippen LogP contribution in [-0.2, 0) is 37.5 Å². The highest BCUT2D eigenvalue weighted by Crippen LogP contribution is 2.31. The lowest BCUT2D eigenvalue weighted by Gasteiger charge is -2.31. The van der Waals surface area contributed by atoms with Crippen LogP contribution < -0.4 is 15.3 Å². The third-order valence-corrected chi connectivity index (χ3v) is 10.1. The third kappa shape index (κ3) is 5.99. The maximum absolute atomic E-state index is 13.7. The lowest BCUT2D eigenvalue weighted by Crippen LogP contribution is -2.47. The van der Waals surface area contributed by atoms with E-state index in [9.17, 15) is 22.8 Å². The number of rotatable bonds is 9. The van der Waals surface area contributed by atoms with Crippen LogP contribution in [0.5, 0.6) is 5.75 Å². The Labute approximate surface area is 261 Å². The maximum Gasteiger partial charge on any atom is 0.329 e. The fourth-order valence-electron chi connectivity index (χ4n) is 6.15. The van der Waals surface area contributed by atoms with Crippen molar-refractivity contribution in [3.8, 4) is 5.75 Å². The van der Waals surface area contributed by atoms with Crippen molar-refractivity contribution in [2.45, 2.75) is 43.7 Å². The summed E-state index contributed by atoms with van der Waals surface area (Å²) in [6.07, 6.45) is 1.16. The number of piperidine rings is 1. The lowest BCUT2D eigenvalue weighted by atomic mass is 10.0. The number of methoxy groups -OCH3 is 1. The molecule has 3 aromatic carbocycles. The van der Waals surface area contributed by atoms with Crippen molar-refractivity contribution in [3.05, 3.63) is 88.3 Å². The van der Waals surface area contributed by atoms with Gasteiger partial charge < -0.3 is 9.64 Å². The van der Waals surface area contributed by atoms with E-state index >= 15 is 0 Å². The Morgan fingerprint density at radius 3 is 2.36 bits per heavy atom. The van der Waals surface area contributed by atoms with Gasteiger partial charge in [-0.1, -0.05) is 29.8 Å². The smallest absolute Gasteiger partial charge is 0.329 e. The first-order valence-electron chi connectivity index (χ1n) is 14.9. The number of amides is 2. The average molecular weight is 633 g/mol. The number of anilines is 1. The molecule has 3 heterocycles. The number of nitrogens with zero attached hydrogens (tertiary/aromatic N) is 4. The topological polar surface area (TPSA) is 120 Å². The van der Waals surface area contributed by atoms with Gasteiger partial charge in [-0.05, 0) is 67.8 Å². The molecular formula is C33H36N4O7S. The molecule has 0 aliphatic carbocycles. The maximum atomic E-state index is 13.7. The van der Waals surface area contributed by atoms with Gasteiger partial charge in [0.1, 0.15) is 11.8 Å². The van der Waals surface area contributed by atoms with Gasteiger partial charge in [0.25, 0.3) is 16.0 Å². The monoisotopic (exact) mass is 632 g/mol. The van der Waals surface area contributed by atoms with Gasteiger partial charge in [-0.25, -0.2) is 4.79 Å². The molecule has 4 aromatic rings. The van der Waals surface area contributed by atoms with Gasteiger partial charge in [0.15, 0.2) is 0 Å². The minimum atomic E-state index is -3.84. The first-order chi connectivity index (χ1) is 21.6. The number of imide groups is 1. The van der Waals surface area contributed by atoms with E-state index in [-0.39, 0.29) is 48.4 Å². The molecule has 0 spiro atoms. The van der Waals surface area contributed by atoms with Gasteiger partial charge in [0.05, 0.1) is 36.2 Å². The number of aryl methyl sites for hydroxylation is 2. The van der Waals surface area contributed by atoms with Gasteiger partial charge in [-0.3, -0.25) is 27.8 Å². The number of ether oxygens (including phenoxy) is 1. The van der Waals surface area contributed by atoms with Crippen LogP contribution in [-0.4, -0.2) is 61.1 Å². The number of fused-ring (bicyclic) bond motifs is 1. The Kier molecular flexibility index (Phi) is 8.27. The molecule has 6 rings (SSSR count). The van der Waals surface area contributed by atoms with Crippen LogP contribution in [0.2, 0.25) is 0 Å². The van der Waals surface area contributed by atoms with E-state index in [1.54, 1.807) is 50.6 Å². The lowest BCUT2D eigenvalue weighted by molar-refractivity contribution is -0.151. The number of carbonyl (C=O) groups excluding carboxylic acids is 2. The summed E-state index contributed by atoms with van der Waals surface area (Å²) in [5.74, 6) is 0.0347. The summed E-state index contributed by atoms with van der Waals surface area (Å²) in [7, 11) is -0.596. The number of hydrogen-bond donors (Lipinski definition) is 0. The second kappa shape index (κ2) is 12.2. The fraction of sp³-hybridized carbons (Fsp3) is 0.364. The molecule has 1 unspecified atom stereocenters. The zero-order valence-corrected chi connectivity index (χ0v) is 26.3. The van der Waals surface area contributed by atoms with Crippen LogP contribution in [0.25, 0.3) is 11.0 Å². The highest BCUT2D eigenvalue weighted by molar-refractivity contribution is 7.86. The van der Waals surface area contributed by atoms with Crippen LogP contribution in [0.4, 0.5) is 5.69 Å². The van der Waals surface area contributed by atoms with E-state index in [0.717, 1.165) is 23.2 Å². The van der Waals surface area contributed by atoms with Gasteiger partial charge in [0, 0.05) is 38.2 Å². The van der Waals surface area contributed by atoms with Crippen molar-refractivity contribution in [1.82, 2.24) is 14.0 Å². The van der Waals surface area contributed by atoms with Gasteiger partial charge in [0.2, 0.25) is 5.91 Å². The molecule has 2 aliphatic rings. The first kappa shape index (κ1) is 30.6. The number of imidazole rings is 1. The Bertz CT molecular complexity index is 1910. The van der Waals surface area contributed by atoms with Crippen molar-refractivity contribution in [1.29, 1.82) is 0 Å². The molecule has 1 aromatic heterocycles. The molecule has 0 bridgehead atoms. The largest absolute Gasteiger partial charge is 0.497 e. The second-order valence-corrected chi connectivity index (χ2v) is 13.4. The summed E-state index contributed by atoms with van der Waals surface area (Å²) in [5, 5.41) is 0. The van der Waals surface area contributed by atoms with Crippen molar-refractivity contribution in [3.63, 3.8) is 0 Å². The molecule has 2 aliphatic heterocycles. The molecule has 0 N–H and O–H groups in total. The molecule has 0 radical (unpaired) electrons. The predicted octanol–water partition coefficient (Wildman–Crippen LogP) is 3.78. The van der Waals surface area contributed by atoms with Crippen LogP contribution in [0.15, 0.2) is 76.4 Å². The summed E-state index contributed by atoms with van der Waals surface area (Å²) >= 11 is 0. The molecule has 12 heteroatoms. The van der Waals surface area contributed by atoms with E-state index in [0.29, 0.717) is 29.9 Å². The Hall–Kier alpha value is -4.42. The minimum Gasteiger partial charge on any atom is -0.497 e. The minimum absolute atomic E-state index is 0.0171. The molecule has 2 fully saturated rings. The van der Waals surface area contributed by atoms with Crippen LogP contribution in [0.1, 0.15) is 36.4 Å². The summed E-state index contributed by atoms with van der Waals surface area (Å²) in [5.41, 5.74) is 3.61. The highest BCUT2D eigenvalue weighted by Gasteiger charge is 2.37. The van der Waals surface area contributed by atoms with E-state index in [4.69, 9.17) is 8.92 Å².